The fraction of sp³-hybridized carbons (Fsp3) is 0.500. The average Bonchev–Trinajstić information content (AvgIpc) is 2.85. The quantitative estimate of drug-likeness (QED) is 0.763. The number of carbonyl (C=O) groups excluding carboxylic acids is 1. The molecular formula is C12H16N2OS. The minimum atomic E-state index is 0.344. The van der Waals surface area contributed by atoms with E-state index in [1.54, 1.807) is 11.3 Å². The molecule has 0 spiro atoms. The molecule has 2 aromatic heterocycles. The third kappa shape index (κ3) is 1.57. The molecule has 0 aliphatic rings. The Bertz CT molecular complexity index is 512. The van der Waals surface area contributed by atoms with Gasteiger partial charge in [0.2, 0.25) is 0 Å². The van der Waals surface area contributed by atoms with Crippen molar-refractivity contribution in [1.29, 1.82) is 0 Å². The van der Waals surface area contributed by atoms with Gasteiger partial charge in [0, 0.05) is 17.0 Å². The molecule has 0 amide bonds. The van der Waals surface area contributed by atoms with Crippen LogP contribution in [0.4, 0.5) is 0 Å². The number of fused-ring (bicyclic) bond motifs is 1. The van der Waals surface area contributed by atoms with Crippen LogP contribution in [0.3, 0.4) is 0 Å². The van der Waals surface area contributed by atoms with E-state index in [0.29, 0.717) is 5.92 Å². The molecule has 4 heteroatoms. The molecule has 0 aliphatic carbocycles. The zero-order valence-corrected chi connectivity index (χ0v) is 10.7. The first-order valence-electron chi connectivity index (χ1n) is 5.66. The number of aldehydes is 1. The van der Waals surface area contributed by atoms with Gasteiger partial charge in [-0.1, -0.05) is 20.8 Å². The second-order valence-electron chi connectivity index (χ2n) is 4.01. The van der Waals surface area contributed by atoms with Crippen molar-refractivity contribution in [2.24, 2.45) is 0 Å². The van der Waals surface area contributed by atoms with Gasteiger partial charge in [-0.05, 0) is 12.8 Å². The summed E-state index contributed by atoms with van der Waals surface area (Å²) in [5.41, 5.74) is 2.85. The van der Waals surface area contributed by atoms with Crippen LogP contribution in [0.5, 0.6) is 0 Å². The largest absolute Gasteiger partial charge is 0.296 e. The molecule has 1 unspecified atom stereocenters. The first-order chi connectivity index (χ1) is 7.72. The number of carbonyl (C=O) groups is 1. The first kappa shape index (κ1) is 11.3. The minimum absolute atomic E-state index is 0.344. The highest BCUT2D eigenvalue weighted by Crippen LogP contribution is 2.26. The summed E-state index contributed by atoms with van der Waals surface area (Å²) >= 11 is 1.61. The number of rotatable bonds is 4. The van der Waals surface area contributed by atoms with Gasteiger partial charge in [-0.15, -0.1) is 11.3 Å². The molecule has 1 atom stereocenters. The number of imidazole rings is 1. The van der Waals surface area contributed by atoms with E-state index in [1.807, 2.05) is 4.40 Å². The van der Waals surface area contributed by atoms with Crippen molar-refractivity contribution in [2.45, 2.75) is 39.5 Å². The van der Waals surface area contributed by atoms with Crippen LogP contribution in [0.1, 0.15) is 55.0 Å². The number of thiazole rings is 1. The zero-order valence-electron chi connectivity index (χ0n) is 9.86. The summed E-state index contributed by atoms with van der Waals surface area (Å²) in [6.07, 6.45) is 2.87. The highest BCUT2D eigenvalue weighted by atomic mass is 32.1. The van der Waals surface area contributed by atoms with Gasteiger partial charge in [-0.2, -0.15) is 0 Å². The number of aromatic nitrogens is 2. The topological polar surface area (TPSA) is 34.4 Å². The summed E-state index contributed by atoms with van der Waals surface area (Å²) in [5, 5.41) is 2.08. The molecule has 0 aromatic carbocycles. The predicted molar refractivity (Wildman–Crippen MR) is 66.5 cm³/mol. The molecule has 2 aromatic rings. The number of hydrogen-bond donors (Lipinski definition) is 0. The maximum Gasteiger partial charge on any atom is 0.194 e. The summed E-state index contributed by atoms with van der Waals surface area (Å²) in [4.78, 5) is 16.7. The van der Waals surface area contributed by atoms with Gasteiger partial charge in [0.05, 0.1) is 5.69 Å². The maximum atomic E-state index is 11.2. The predicted octanol–water partition coefficient (Wildman–Crippen LogP) is 3.28. The van der Waals surface area contributed by atoms with Crippen molar-refractivity contribution >= 4 is 22.6 Å². The molecule has 0 fully saturated rings. The van der Waals surface area contributed by atoms with Crippen molar-refractivity contribution in [2.75, 3.05) is 0 Å². The lowest BCUT2D eigenvalue weighted by Gasteiger charge is -2.05. The van der Waals surface area contributed by atoms with Gasteiger partial charge in [-0.25, -0.2) is 4.98 Å². The van der Waals surface area contributed by atoms with Crippen molar-refractivity contribution in [3.63, 3.8) is 0 Å². The molecule has 3 nitrogen and oxygen atoms in total. The number of hydrogen-bond acceptors (Lipinski definition) is 3. The molecular weight excluding hydrogens is 220 g/mol. The van der Waals surface area contributed by atoms with E-state index in [2.05, 4.69) is 31.1 Å². The lowest BCUT2D eigenvalue weighted by atomic mass is 10.0. The van der Waals surface area contributed by atoms with Crippen LogP contribution in [-0.4, -0.2) is 15.7 Å². The smallest absolute Gasteiger partial charge is 0.194 e. The van der Waals surface area contributed by atoms with Crippen LogP contribution in [0.2, 0.25) is 0 Å². The molecule has 2 rings (SSSR count). The lowest BCUT2D eigenvalue weighted by Crippen LogP contribution is -2.00. The highest BCUT2D eigenvalue weighted by Gasteiger charge is 2.18. The third-order valence-corrected chi connectivity index (χ3v) is 3.93. The Morgan fingerprint density at radius 3 is 2.88 bits per heavy atom. The Morgan fingerprint density at radius 2 is 2.31 bits per heavy atom. The van der Waals surface area contributed by atoms with E-state index in [-0.39, 0.29) is 0 Å². The van der Waals surface area contributed by atoms with Crippen LogP contribution in [0, 0.1) is 0 Å². The summed E-state index contributed by atoms with van der Waals surface area (Å²) in [5.74, 6) is 0.344. The summed E-state index contributed by atoms with van der Waals surface area (Å²) in [7, 11) is 0. The Morgan fingerprint density at radius 1 is 1.56 bits per heavy atom. The standard InChI is InChI=1S/C12H16N2OS/c1-4-8(3)11-10(6-15)14-9(5-2)7-16-12(14)13-11/h6-8H,4-5H2,1-3H3. The average molecular weight is 236 g/mol. The summed E-state index contributed by atoms with van der Waals surface area (Å²) in [6.45, 7) is 6.33. The van der Waals surface area contributed by atoms with Crippen molar-refractivity contribution in [3.05, 3.63) is 22.5 Å². The van der Waals surface area contributed by atoms with Crippen LogP contribution in [0.15, 0.2) is 5.38 Å². The molecule has 0 radical (unpaired) electrons. The van der Waals surface area contributed by atoms with Crippen molar-refractivity contribution in [1.82, 2.24) is 9.38 Å². The van der Waals surface area contributed by atoms with Gasteiger partial charge < -0.3 is 0 Å². The van der Waals surface area contributed by atoms with Crippen LogP contribution >= 0.6 is 11.3 Å². The van der Waals surface area contributed by atoms with Crippen LogP contribution in [0.25, 0.3) is 4.96 Å². The normalized spacial score (nSPS) is 13.2. The van der Waals surface area contributed by atoms with Gasteiger partial charge in [0.15, 0.2) is 11.2 Å². The Balaban J connectivity index is 2.68. The fourth-order valence-corrected chi connectivity index (χ4v) is 2.85. The fourth-order valence-electron chi connectivity index (χ4n) is 1.87. The summed E-state index contributed by atoms with van der Waals surface area (Å²) in [6, 6.07) is 0. The van der Waals surface area contributed by atoms with E-state index in [1.165, 1.54) is 5.69 Å². The summed E-state index contributed by atoms with van der Waals surface area (Å²) < 4.78 is 2.00. The molecule has 0 saturated heterocycles. The van der Waals surface area contributed by atoms with Crippen LogP contribution in [-0.2, 0) is 6.42 Å². The molecule has 16 heavy (non-hydrogen) atoms. The highest BCUT2D eigenvalue weighted by molar-refractivity contribution is 7.15. The molecule has 2 heterocycles. The second-order valence-corrected chi connectivity index (χ2v) is 4.84. The number of aryl methyl sites for hydroxylation is 1. The van der Waals surface area contributed by atoms with E-state index in [0.717, 1.165) is 35.5 Å². The van der Waals surface area contributed by atoms with Crippen LogP contribution < -0.4 is 0 Å². The van der Waals surface area contributed by atoms with Crippen molar-refractivity contribution in [3.8, 4) is 0 Å². The van der Waals surface area contributed by atoms with Gasteiger partial charge in [-0.3, -0.25) is 9.20 Å². The second kappa shape index (κ2) is 4.37. The molecule has 0 N–H and O–H groups in total. The molecule has 0 bridgehead atoms. The van der Waals surface area contributed by atoms with Gasteiger partial charge >= 0.3 is 0 Å². The maximum absolute atomic E-state index is 11.2. The first-order valence-corrected chi connectivity index (χ1v) is 6.54. The number of nitrogens with zero attached hydrogens (tertiary/aromatic N) is 2. The van der Waals surface area contributed by atoms with Gasteiger partial charge in [0.25, 0.3) is 0 Å². The van der Waals surface area contributed by atoms with E-state index >= 15 is 0 Å². The third-order valence-electron chi connectivity index (χ3n) is 3.05. The Labute approximate surface area is 99.1 Å². The zero-order chi connectivity index (χ0) is 11.7. The lowest BCUT2D eigenvalue weighted by molar-refractivity contribution is 0.111. The van der Waals surface area contributed by atoms with E-state index in [4.69, 9.17) is 0 Å². The molecule has 0 saturated carbocycles. The Hall–Kier alpha value is -1.16. The minimum Gasteiger partial charge on any atom is -0.296 e. The monoisotopic (exact) mass is 236 g/mol. The van der Waals surface area contributed by atoms with E-state index in [9.17, 15) is 4.79 Å². The van der Waals surface area contributed by atoms with E-state index < -0.39 is 0 Å². The molecule has 0 aliphatic heterocycles. The molecule has 86 valence electrons. The van der Waals surface area contributed by atoms with Gasteiger partial charge in [0.1, 0.15) is 5.69 Å². The SMILES string of the molecule is CCc1csc2nc(C(C)CC)c(C=O)n12. The van der Waals surface area contributed by atoms with Crippen molar-refractivity contribution < 1.29 is 4.79 Å². The Kier molecular flexibility index (Phi) is 3.10.